The highest BCUT2D eigenvalue weighted by Crippen LogP contribution is 2.20. The molecule has 2 aromatic carbocycles. The largest absolute Gasteiger partial charge is 0.351 e. The molecule has 1 aliphatic rings. The van der Waals surface area contributed by atoms with Crippen molar-refractivity contribution in [1.29, 1.82) is 0 Å². The van der Waals surface area contributed by atoms with Crippen LogP contribution >= 0.6 is 11.6 Å². The van der Waals surface area contributed by atoms with Gasteiger partial charge in [-0.05, 0) is 36.4 Å². The summed E-state index contributed by atoms with van der Waals surface area (Å²) < 4.78 is 5.41. The zero-order valence-electron chi connectivity index (χ0n) is 16.2. The van der Waals surface area contributed by atoms with Gasteiger partial charge < -0.3 is 14.4 Å². The second-order valence-electron chi connectivity index (χ2n) is 7.36. The van der Waals surface area contributed by atoms with Crippen LogP contribution in [0.2, 0.25) is 5.02 Å². The lowest BCUT2D eigenvalue weighted by atomic mass is 10.2. The van der Waals surface area contributed by atoms with E-state index in [1.165, 1.54) is 0 Å². The second kappa shape index (κ2) is 7.93. The number of nitrogens with zero attached hydrogens (tertiary/aromatic N) is 4. The van der Waals surface area contributed by atoms with Crippen molar-refractivity contribution in [2.75, 3.05) is 26.2 Å². The van der Waals surface area contributed by atoms with E-state index in [-0.39, 0.29) is 5.91 Å². The Bertz CT molecular complexity index is 1140. The van der Waals surface area contributed by atoms with Crippen molar-refractivity contribution in [3.8, 4) is 11.4 Å². The van der Waals surface area contributed by atoms with Gasteiger partial charge in [0.15, 0.2) is 0 Å². The Morgan fingerprint density at radius 2 is 1.83 bits per heavy atom. The smallest absolute Gasteiger partial charge is 0.270 e. The molecule has 1 aliphatic heterocycles. The van der Waals surface area contributed by atoms with Crippen LogP contribution < -0.4 is 0 Å². The molecular weight excluding hydrogens is 402 g/mol. The van der Waals surface area contributed by atoms with Crippen LogP contribution in [0.25, 0.3) is 22.3 Å². The Labute approximate surface area is 178 Å². The summed E-state index contributed by atoms with van der Waals surface area (Å²) in [5.74, 6) is 1.15. The number of piperazine rings is 1. The number of hydrogen-bond acceptors (Lipinski definition) is 5. The van der Waals surface area contributed by atoms with Crippen molar-refractivity contribution in [2.24, 2.45) is 0 Å². The SMILES string of the molecule is O=C(c1cc2ccccc2[nH]1)N1CCN(Cc2nc(-c3ccc(Cl)cc3)no2)CC1. The van der Waals surface area contributed by atoms with Crippen LogP contribution in [0.15, 0.2) is 59.1 Å². The molecule has 3 heterocycles. The molecule has 2 aromatic heterocycles. The number of halogens is 1. The van der Waals surface area contributed by atoms with Crippen LogP contribution in [0.3, 0.4) is 0 Å². The van der Waals surface area contributed by atoms with E-state index in [0.717, 1.165) is 29.6 Å². The molecule has 1 saturated heterocycles. The van der Waals surface area contributed by atoms with E-state index < -0.39 is 0 Å². The molecule has 152 valence electrons. The molecule has 8 heteroatoms. The van der Waals surface area contributed by atoms with Crippen molar-refractivity contribution in [2.45, 2.75) is 6.54 Å². The summed E-state index contributed by atoms with van der Waals surface area (Å²) in [6.45, 7) is 3.39. The van der Waals surface area contributed by atoms with Gasteiger partial charge in [0.05, 0.1) is 6.54 Å². The van der Waals surface area contributed by atoms with Gasteiger partial charge in [0.2, 0.25) is 11.7 Å². The van der Waals surface area contributed by atoms with Crippen LogP contribution in [0.1, 0.15) is 16.4 Å². The number of aromatic nitrogens is 3. The van der Waals surface area contributed by atoms with E-state index in [0.29, 0.717) is 42.1 Å². The Morgan fingerprint density at radius 1 is 1.07 bits per heavy atom. The first-order valence-electron chi connectivity index (χ1n) is 9.83. The molecule has 0 saturated carbocycles. The van der Waals surface area contributed by atoms with Crippen LogP contribution in [0.5, 0.6) is 0 Å². The summed E-state index contributed by atoms with van der Waals surface area (Å²) in [7, 11) is 0. The van der Waals surface area contributed by atoms with Crippen LogP contribution in [-0.2, 0) is 6.54 Å². The number of aromatic amines is 1. The van der Waals surface area contributed by atoms with Gasteiger partial charge in [0.25, 0.3) is 5.91 Å². The lowest BCUT2D eigenvalue weighted by Crippen LogP contribution is -2.48. The number of carbonyl (C=O) groups is 1. The third-order valence-corrected chi connectivity index (χ3v) is 5.60. The summed E-state index contributed by atoms with van der Waals surface area (Å²) in [6.07, 6.45) is 0. The number of hydrogen-bond donors (Lipinski definition) is 1. The molecule has 0 spiro atoms. The number of fused-ring (bicyclic) bond motifs is 1. The first-order chi connectivity index (χ1) is 14.7. The molecule has 1 amide bonds. The predicted molar refractivity (Wildman–Crippen MR) is 114 cm³/mol. The molecule has 0 radical (unpaired) electrons. The summed E-state index contributed by atoms with van der Waals surface area (Å²) in [4.78, 5) is 24.6. The maximum atomic E-state index is 12.8. The van der Waals surface area contributed by atoms with E-state index in [9.17, 15) is 4.79 Å². The second-order valence-corrected chi connectivity index (χ2v) is 7.79. The number of H-pyrrole nitrogens is 1. The first-order valence-corrected chi connectivity index (χ1v) is 10.2. The minimum atomic E-state index is 0.0358. The van der Waals surface area contributed by atoms with E-state index in [1.54, 1.807) is 12.1 Å². The molecule has 0 atom stereocenters. The Balaban J connectivity index is 1.19. The van der Waals surface area contributed by atoms with Gasteiger partial charge in [-0.25, -0.2) is 0 Å². The zero-order chi connectivity index (χ0) is 20.5. The van der Waals surface area contributed by atoms with Crippen molar-refractivity contribution in [3.05, 3.63) is 71.2 Å². The molecule has 7 nitrogen and oxygen atoms in total. The van der Waals surface area contributed by atoms with Gasteiger partial charge in [-0.3, -0.25) is 9.69 Å². The van der Waals surface area contributed by atoms with Crippen molar-refractivity contribution in [3.63, 3.8) is 0 Å². The number of amides is 1. The highest BCUT2D eigenvalue weighted by atomic mass is 35.5. The van der Waals surface area contributed by atoms with Crippen LogP contribution in [0, 0.1) is 0 Å². The van der Waals surface area contributed by atoms with Gasteiger partial charge >= 0.3 is 0 Å². The van der Waals surface area contributed by atoms with Gasteiger partial charge in [-0.15, -0.1) is 0 Å². The van der Waals surface area contributed by atoms with Gasteiger partial charge in [-0.2, -0.15) is 4.98 Å². The van der Waals surface area contributed by atoms with Gasteiger partial charge in [0, 0.05) is 47.7 Å². The van der Waals surface area contributed by atoms with Gasteiger partial charge in [0.1, 0.15) is 5.69 Å². The monoisotopic (exact) mass is 421 g/mol. The lowest BCUT2D eigenvalue weighted by molar-refractivity contribution is 0.0610. The number of rotatable bonds is 4. The maximum absolute atomic E-state index is 12.8. The molecule has 5 rings (SSSR count). The third-order valence-electron chi connectivity index (χ3n) is 5.35. The number of benzene rings is 2. The average molecular weight is 422 g/mol. The van der Waals surface area contributed by atoms with Crippen LogP contribution in [-0.4, -0.2) is 57.0 Å². The Kier molecular flexibility index (Phi) is 4.98. The number of carbonyl (C=O) groups excluding carboxylic acids is 1. The van der Waals surface area contributed by atoms with Crippen molar-refractivity contribution < 1.29 is 9.32 Å². The summed E-state index contributed by atoms with van der Waals surface area (Å²) >= 11 is 5.93. The predicted octanol–water partition coefficient (Wildman–Crippen LogP) is 3.83. The standard InChI is InChI=1S/C22H20ClN5O2/c23-17-7-5-15(6-8-17)21-25-20(30-26-21)14-27-9-11-28(12-10-27)22(29)19-13-16-3-1-2-4-18(16)24-19/h1-8,13,24H,9-12,14H2. The van der Waals surface area contributed by atoms with Crippen LogP contribution in [0.4, 0.5) is 0 Å². The third kappa shape index (κ3) is 3.81. The quantitative estimate of drug-likeness (QED) is 0.541. The van der Waals surface area contributed by atoms with Gasteiger partial charge in [-0.1, -0.05) is 35.0 Å². The number of nitrogens with one attached hydrogen (secondary N) is 1. The molecule has 1 fully saturated rings. The fourth-order valence-electron chi connectivity index (χ4n) is 3.69. The topological polar surface area (TPSA) is 78.3 Å². The minimum Gasteiger partial charge on any atom is -0.351 e. The van der Waals surface area contributed by atoms with E-state index >= 15 is 0 Å². The highest BCUT2D eigenvalue weighted by molar-refractivity contribution is 6.30. The van der Waals surface area contributed by atoms with Crippen molar-refractivity contribution >= 4 is 28.4 Å². The molecule has 1 N–H and O–H groups in total. The number of para-hydroxylation sites is 1. The van der Waals surface area contributed by atoms with Crippen molar-refractivity contribution in [1.82, 2.24) is 24.9 Å². The Hall–Kier alpha value is -3.16. The molecule has 0 aliphatic carbocycles. The molecule has 4 aromatic rings. The maximum Gasteiger partial charge on any atom is 0.270 e. The lowest BCUT2D eigenvalue weighted by Gasteiger charge is -2.33. The zero-order valence-corrected chi connectivity index (χ0v) is 17.0. The highest BCUT2D eigenvalue weighted by Gasteiger charge is 2.24. The molecule has 30 heavy (non-hydrogen) atoms. The fourth-order valence-corrected chi connectivity index (χ4v) is 3.82. The van der Waals surface area contributed by atoms with E-state index in [1.807, 2.05) is 47.4 Å². The Morgan fingerprint density at radius 3 is 2.60 bits per heavy atom. The molecular formula is C22H20ClN5O2. The summed E-state index contributed by atoms with van der Waals surface area (Å²) in [5, 5.41) is 5.78. The summed E-state index contributed by atoms with van der Waals surface area (Å²) in [5.41, 5.74) is 2.48. The first kappa shape index (κ1) is 18.8. The normalized spacial score (nSPS) is 15.0. The molecule has 0 bridgehead atoms. The average Bonchev–Trinajstić information content (AvgIpc) is 3.41. The fraction of sp³-hybridized carbons (Fsp3) is 0.227. The summed E-state index contributed by atoms with van der Waals surface area (Å²) in [6, 6.07) is 17.2. The van der Waals surface area contributed by atoms with E-state index in [2.05, 4.69) is 20.0 Å². The van der Waals surface area contributed by atoms with E-state index in [4.69, 9.17) is 16.1 Å². The minimum absolute atomic E-state index is 0.0358. The molecule has 0 unspecified atom stereocenters.